The number of benzene rings is 1. The van der Waals surface area contributed by atoms with Crippen molar-refractivity contribution in [1.29, 1.82) is 0 Å². The molecular formula is C24H27N5O4. The van der Waals surface area contributed by atoms with Gasteiger partial charge in [0.05, 0.1) is 6.20 Å². The van der Waals surface area contributed by atoms with Gasteiger partial charge in [0.15, 0.2) is 0 Å². The van der Waals surface area contributed by atoms with Gasteiger partial charge in [-0.1, -0.05) is 12.1 Å². The molecule has 3 aliphatic rings. The monoisotopic (exact) mass is 449 g/mol. The molecule has 0 aliphatic carbocycles. The molecule has 3 amide bonds. The fourth-order valence-corrected chi connectivity index (χ4v) is 4.72. The molecule has 0 radical (unpaired) electrons. The van der Waals surface area contributed by atoms with Crippen LogP contribution in [-0.4, -0.2) is 52.8 Å². The Balaban J connectivity index is 1.25. The molecule has 2 fully saturated rings. The number of hydrogen-bond acceptors (Lipinski definition) is 7. The zero-order valence-electron chi connectivity index (χ0n) is 18.3. The number of fused-ring (bicyclic) bond motifs is 1. The van der Waals surface area contributed by atoms with Crippen molar-refractivity contribution < 1.29 is 19.1 Å². The van der Waals surface area contributed by atoms with Crippen molar-refractivity contribution in [3.8, 4) is 5.75 Å². The van der Waals surface area contributed by atoms with Crippen LogP contribution in [-0.2, 0) is 29.2 Å². The van der Waals surface area contributed by atoms with E-state index in [1.165, 1.54) is 0 Å². The highest BCUT2D eigenvalue weighted by Gasteiger charge is 2.39. The molecule has 3 aliphatic heterocycles. The average molecular weight is 450 g/mol. The highest BCUT2D eigenvalue weighted by molar-refractivity contribution is 6.05. The number of pyridine rings is 1. The third-order valence-electron chi connectivity index (χ3n) is 6.49. The Labute approximate surface area is 191 Å². The van der Waals surface area contributed by atoms with Crippen molar-refractivity contribution in [3.63, 3.8) is 0 Å². The number of carbonyl (C=O) groups is 3. The van der Waals surface area contributed by atoms with E-state index in [-0.39, 0.29) is 24.3 Å². The van der Waals surface area contributed by atoms with E-state index in [1.54, 1.807) is 23.4 Å². The number of hydrogen-bond donors (Lipinski definition) is 3. The first-order chi connectivity index (χ1) is 16.1. The second-order valence-corrected chi connectivity index (χ2v) is 8.66. The summed E-state index contributed by atoms with van der Waals surface area (Å²) in [7, 11) is 0. The summed E-state index contributed by atoms with van der Waals surface area (Å²) in [6, 6.07) is 7.02. The van der Waals surface area contributed by atoms with Gasteiger partial charge in [-0.15, -0.1) is 0 Å². The number of aromatic nitrogens is 1. The first-order valence-electron chi connectivity index (χ1n) is 11.4. The van der Waals surface area contributed by atoms with Crippen LogP contribution < -0.4 is 20.7 Å². The Kier molecular flexibility index (Phi) is 6.06. The SMILES string of the molecule is O=C1CCC(N2Cc3c(CNCc4ccncc4O[C@H]4CCNC4)cccc3C2=O)C(=O)N1. The lowest BCUT2D eigenvalue weighted by Crippen LogP contribution is -2.52. The summed E-state index contributed by atoms with van der Waals surface area (Å²) in [4.78, 5) is 42.6. The Hall–Kier alpha value is -3.30. The van der Waals surface area contributed by atoms with Gasteiger partial charge in [-0.25, -0.2) is 0 Å². The van der Waals surface area contributed by atoms with Crippen LogP contribution in [0.1, 0.15) is 46.3 Å². The van der Waals surface area contributed by atoms with Crippen molar-refractivity contribution in [2.45, 2.75) is 51.0 Å². The maximum absolute atomic E-state index is 13.0. The molecule has 172 valence electrons. The largest absolute Gasteiger partial charge is 0.487 e. The topological polar surface area (TPSA) is 113 Å². The fourth-order valence-electron chi connectivity index (χ4n) is 4.72. The zero-order valence-corrected chi connectivity index (χ0v) is 18.3. The normalized spacial score (nSPS) is 22.4. The number of amides is 3. The minimum atomic E-state index is -0.606. The van der Waals surface area contributed by atoms with E-state index >= 15 is 0 Å². The van der Waals surface area contributed by atoms with Crippen LogP contribution in [0.2, 0.25) is 0 Å². The van der Waals surface area contributed by atoms with E-state index in [4.69, 9.17) is 4.74 Å². The third kappa shape index (κ3) is 4.46. The molecule has 2 atom stereocenters. The van der Waals surface area contributed by atoms with E-state index in [2.05, 4.69) is 20.9 Å². The van der Waals surface area contributed by atoms with Crippen LogP contribution in [0.15, 0.2) is 36.7 Å². The molecule has 2 aromatic rings. The molecule has 0 spiro atoms. The van der Waals surface area contributed by atoms with Crippen LogP contribution in [0.4, 0.5) is 0 Å². The maximum Gasteiger partial charge on any atom is 0.255 e. The van der Waals surface area contributed by atoms with Gasteiger partial charge in [0.25, 0.3) is 5.91 Å². The van der Waals surface area contributed by atoms with Gasteiger partial charge in [0.2, 0.25) is 11.8 Å². The Morgan fingerprint density at radius 2 is 2.00 bits per heavy atom. The summed E-state index contributed by atoms with van der Waals surface area (Å²) in [5.74, 6) is -0.0451. The van der Waals surface area contributed by atoms with E-state index in [0.717, 1.165) is 42.0 Å². The van der Waals surface area contributed by atoms with E-state index in [1.807, 2.05) is 18.2 Å². The number of nitrogens with zero attached hydrogens (tertiary/aromatic N) is 2. The van der Waals surface area contributed by atoms with Crippen LogP contribution in [0.25, 0.3) is 0 Å². The summed E-state index contributed by atoms with van der Waals surface area (Å²) in [6.07, 6.45) is 5.27. The molecule has 0 bridgehead atoms. The van der Waals surface area contributed by atoms with Crippen molar-refractivity contribution in [3.05, 3.63) is 58.9 Å². The molecule has 1 aromatic carbocycles. The van der Waals surface area contributed by atoms with Crippen molar-refractivity contribution in [2.24, 2.45) is 0 Å². The van der Waals surface area contributed by atoms with Gasteiger partial charge in [-0.2, -0.15) is 0 Å². The summed E-state index contributed by atoms with van der Waals surface area (Å²) < 4.78 is 6.12. The Morgan fingerprint density at radius 1 is 1.12 bits per heavy atom. The number of nitrogens with one attached hydrogen (secondary N) is 3. The molecule has 1 aromatic heterocycles. The zero-order chi connectivity index (χ0) is 22.8. The second kappa shape index (κ2) is 9.29. The van der Waals surface area contributed by atoms with Gasteiger partial charge < -0.3 is 20.3 Å². The predicted octanol–water partition coefficient (Wildman–Crippen LogP) is 0.873. The van der Waals surface area contributed by atoms with E-state index in [0.29, 0.717) is 31.6 Å². The van der Waals surface area contributed by atoms with Crippen LogP contribution in [0, 0.1) is 0 Å². The first kappa shape index (κ1) is 21.5. The number of rotatable bonds is 7. The van der Waals surface area contributed by atoms with Crippen molar-refractivity contribution in [2.75, 3.05) is 13.1 Å². The highest BCUT2D eigenvalue weighted by Crippen LogP contribution is 2.30. The van der Waals surface area contributed by atoms with Crippen molar-refractivity contribution >= 4 is 17.7 Å². The van der Waals surface area contributed by atoms with Crippen molar-refractivity contribution in [1.82, 2.24) is 25.8 Å². The molecule has 4 heterocycles. The molecule has 9 heteroatoms. The smallest absolute Gasteiger partial charge is 0.255 e. The first-order valence-corrected chi connectivity index (χ1v) is 11.4. The summed E-state index contributed by atoms with van der Waals surface area (Å²) >= 11 is 0. The lowest BCUT2D eigenvalue weighted by atomic mass is 10.0. The van der Waals surface area contributed by atoms with Gasteiger partial charge in [-0.3, -0.25) is 24.7 Å². The lowest BCUT2D eigenvalue weighted by molar-refractivity contribution is -0.136. The molecule has 3 N–H and O–H groups in total. The van der Waals surface area contributed by atoms with Gasteiger partial charge in [0, 0.05) is 49.9 Å². The average Bonchev–Trinajstić information content (AvgIpc) is 3.44. The summed E-state index contributed by atoms with van der Waals surface area (Å²) in [5, 5.41) is 9.11. The minimum Gasteiger partial charge on any atom is -0.487 e. The van der Waals surface area contributed by atoms with Gasteiger partial charge in [0.1, 0.15) is 17.9 Å². The number of ether oxygens (including phenoxy) is 1. The lowest BCUT2D eigenvalue weighted by Gasteiger charge is -2.29. The van der Waals surface area contributed by atoms with E-state index in [9.17, 15) is 14.4 Å². The van der Waals surface area contributed by atoms with Gasteiger partial charge >= 0.3 is 0 Å². The predicted molar refractivity (Wildman–Crippen MR) is 119 cm³/mol. The fraction of sp³-hybridized carbons (Fsp3) is 0.417. The Bertz CT molecular complexity index is 1080. The second-order valence-electron chi connectivity index (χ2n) is 8.66. The third-order valence-corrected chi connectivity index (χ3v) is 6.49. The number of imide groups is 1. The maximum atomic E-state index is 13.0. The quantitative estimate of drug-likeness (QED) is 0.538. The molecule has 1 unspecified atom stereocenters. The van der Waals surface area contributed by atoms with Crippen LogP contribution in [0.3, 0.4) is 0 Å². The van der Waals surface area contributed by atoms with Crippen LogP contribution >= 0.6 is 0 Å². The summed E-state index contributed by atoms with van der Waals surface area (Å²) in [6.45, 7) is 3.36. The molecule has 33 heavy (non-hydrogen) atoms. The molecule has 5 rings (SSSR count). The summed E-state index contributed by atoms with van der Waals surface area (Å²) in [5.41, 5.74) is 3.61. The molecular weight excluding hydrogens is 422 g/mol. The highest BCUT2D eigenvalue weighted by atomic mass is 16.5. The molecule has 2 saturated heterocycles. The number of piperidine rings is 1. The standard InChI is InChI=1S/C24H27N5O4/c30-22-5-4-20(23(31)28-22)29-14-19-15(2-1-3-18(19)24(29)32)10-27-11-16-6-8-26-13-21(16)33-17-7-9-25-12-17/h1-3,6,8,13,17,20,25,27H,4-5,7,9-12,14H2,(H,28,30,31)/t17-,20?/m0/s1. The Morgan fingerprint density at radius 3 is 2.82 bits per heavy atom. The van der Waals surface area contributed by atoms with Gasteiger partial charge in [-0.05, 0) is 42.6 Å². The number of carbonyl (C=O) groups excluding carboxylic acids is 3. The van der Waals surface area contributed by atoms with Crippen LogP contribution in [0.5, 0.6) is 5.75 Å². The minimum absolute atomic E-state index is 0.156. The molecule has 0 saturated carbocycles. The van der Waals surface area contributed by atoms with E-state index < -0.39 is 11.9 Å². The molecule has 9 nitrogen and oxygen atoms in total.